The average molecular weight is 314 g/mol. The number of halogens is 1. The summed E-state index contributed by atoms with van der Waals surface area (Å²) in [6, 6.07) is 4.37. The van der Waals surface area contributed by atoms with E-state index in [2.05, 4.69) is 20.7 Å². The number of carbonyl (C=O) groups is 2. The summed E-state index contributed by atoms with van der Waals surface area (Å²) in [5, 5.41) is 9.33. The molecule has 1 aromatic rings. The number of hydrogen-bond donors (Lipinski definition) is 1. The van der Waals surface area contributed by atoms with Crippen molar-refractivity contribution >= 4 is 28.0 Å². The molecule has 18 heavy (non-hydrogen) atoms. The first kappa shape index (κ1) is 12.9. The quantitative estimate of drug-likeness (QED) is 0.863. The van der Waals surface area contributed by atoms with Gasteiger partial charge in [0, 0.05) is 11.0 Å². The summed E-state index contributed by atoms with van der Waals surface area (Å²) in [6.07, 6.45) is -0.0108. The van der Waals surface area contributed by atoms with Crippen molar-refractivity contribution in [1.82, 2.24) is 4.90 Å². The second-order valence-corrected chi connectivity index (χ2v) is 4.82. The second-order valence-electron chi connectivity index (χ2n) is 3.96. The third-order valence-electron chi connectivity index (χ3n) is 3.01. The number of hydrogen-bond acceptors (Lipinski definition) is 3. The van der Waals surface area contributed by atoms with Crippen molar-refractivity contribution in [2.45, 2.75) is 12.5 Å². The van der Waals surface area contributed by atoms with Crippen LogP contribution in [-0.2, 0) is 16.0 Å². The lowest BCUT2D eigenvalue weighted by Crippen LogP contribution is -2.43. The van der Waals surface area contributed by atoms with Crippen LogP contribution < -0.4 is 0 Å². The lowest BCUT2D eigenvalue weighted by molar-refractivity contribution is -0.143. The van der Waals surface area contributed by atoms with Crippen molar-refractivity contribution in [1.29, 1.82) is 0 Å². The van der Waals surface area contributed by atoms with Crippen LogP contribution in [0.4, 0.5) is 4.79 Å². The Morgan fingerprint density at radius 2 is 2.22 bits per heavy atom. The number of carbonyl (C=O) groups excluding carboxylic acids is 1. The molecular weight excluding hydrogens is 302 g/mol. The van der Waals surface area contributed by atoms with E-state index in [9.17, 15) is 14.7 Å². The fraction of sp³-hybridized carbons (Fsp3) is 0.333. The van der Waals surface area contributed by atoms with Gasteiger partial charge in [-0.05, 0) is 23.6 Å². The Morgan fingerprint density at radius 3 is 2.83 bits per heavy atom. The lowest BCUT2D eigenvalue weighted by atomic mass is 9.93. The first-order valence-corrected chi connectivity index (χ1v) is 6.20. The Labute approximate surface area is 112 Å². The van der Waals surface area contributed by atoms with E-state index in [-0.39, 0.29) is 0 Å². The number of ether oxygens (including phenoxy) is 1. The van der Waals surface area contributed by atoms with E-state index < -0.39 is 18.1 Å². The van der Waals surface area contributed by atoms with Gasteiger partial charge in [-0.25, -0.2) is 9.59 Å². The highest BCUT2D eigenvalue weighted by Crippen LogP contribution is 2.34. The van der Waals surface area contributed by atoms with Gasteiger partial charge in [0.15, 0.2) is 6.04 Å². The molecular formula is C12H12BrNO4. The van der Waals surface area contributed by atoms with Crippen LogP contribution in [-0.4, -0.2) is 35.7 Å². The van der Waals surface area contributed by atoms with Crippen molar-refractivity contribution in [3.8, 4) is 0 Å². The molecule has 0 spiro atoms. The fourth-order valence-electron chi connectivity index (χ4n) is 2.20. The number of methoxy groups -OCH3 is 1. The van der Waals surface area contributed by atoms with E-state index in [0.717, 1.165) is 10.0 Å². The molecule has 1 aromatic carbocycles. The highest BCUT2D eigenvalue weighted by atomic mass is 79.9. The predicted molar refractivity (Wildman–Crippen MR) is 67.3 cm³/mol. The molecule has 1 N–H and O–H groups in total. The molecule has 0 saturated heterocycles. The molecule has 1 amide bonds. The summed E-state index contributed by atoms with van der Waals surface area (Å²) >= 11 is 3.41. The normalized spacial score (nSPS) is 18.1. The van der Waals surface area contributed by atoms with E-state index >= 15 is 0 Å². The first-order chi connectivity index (χ1) is 8.56. The molecule has 5 nitrogen and oxygen atoms in total. The van der Waals surface area contributed by atoms with Gasteiger partial charge in [-0.15, -0.1) is 0 Å². The van der Waals surface area contributed by atoms with Crippen molar-refractivity contribution in [3.63, 3.8) is 0 Å². The number of rotatable bonds is 1. The molecule has 0 fully saturated rings. The molecule has 0 radical (unpaired) electrons. The Hall–Kier alpha value is -1.56. The van der Waals surface area contributed by atoms with Gasteiger partial charge in [0.25, 0.3) is 0 Å². The van der Waals surface area contributed by atoms with Crippen LogP contribution in [0.1, 0.15) is 17.2 Å². The van der Waals surface area contributed by atoms with Crippen molar-refractivity contribution in [3.05, 3.63) is 33.8 Å². The average Bonchev–Trinajstić information content (AvgIpc) is 2.36. The highest BCUT2D eigenvalue weighted by Gasteiger charge is 2.37. The summed E-state index contributed by atoms with van der Waals surface area (Å²) in [5.41, 5.74) is 1.57. The molecule has 1 aliphatic rings. The molecule has 1 aliphatic heterocycles. The van der Waals surface area contributed by atoms with E-state index in [1.807, 2.05) is 6.07 Å². The van der Waals surface area contributed by atoms with Crippen LogP contribution in [0.2, 0.25) is 0 Å². The topological polar surface area (TPSA) is 66.8 Å². The van der Waals surface area contributed by atoms with Gasteiger partial charge in [-0.3, -0.25) is 4.90 Å². The van der Waals surface area contributed by atoms with Gasteiger partial charge >= 0.3 is 12.1 Å². The molecule has 0 bridgehead atoms. The monoisotopic (exact) mass is 313 g/mol. The van der Waals surface area contributed by atoms with Crippen molar-refractivity contribution in [2.75, 3.05) is 13.7 Å². The second kappa shape index (κ2) is 4.97. The number of carboxylic acids is 1. The van der Waals surface area contributed by atoms with E-state index in [1.54, 1.807) is 12.1 Å². The smallest absolute Gasteiger partial charge is 0.410 e. The van der Waals surface area contributed by atoms with Gasteiger partial charge in [-0.1, -0.05) is 28.1 Å². The fourth-order valence-corrected chi connectivity index (χ4v) is 2.78. The Kier molecular flexibility index (Phi) is 3.56. The predicted octanol–water partition coefficient (Wildman–Crippen LogP) is 2.20. The summed E-state index contributed by atoms with van der Waals surface area (Å²) in [7, 11) is 1.25. The number of benzene rings is 1. The summed E-state index contributed by atoms with van der Waals surface area (Å²) in [6.45, 7) is 0.333. The number of amides is 1. The third-order valence-corrected chi connectivity index (χ3v) is 3.75. The highest BCUT2D eigenvalue weighted by molar-refractivity contribution is 9.10. The molecule has 0 aromatic heterocycles. The van der Waals surface area contributed by atoms with Crippen molar-refractivity contribution < 1.29 is 19.4 Å². The zero-order valence-electron chi connectivity index (χ0n) is 9.72. The number of carboxylic acid groups (broad SMARTS) is 1. The molecule has 2 rings (SSSR count). The number of nitrogens with zero attached hydrogens (tertiary/aromatic N) is 1. The Bertz CT molecular complexity index is 503. The minimum absolute atomic E-state index is 0.333. The molecule has 6 heteroatoms. The molecule has 1 atom stereocenters. The number of fused-ring (bicyclic) bond motifs is 1. The van der Waals surface area contributed by atoms with Gasteiger partial charge in [0.1, 0.15) is 0 Å². The number of aliphatic carboxylic acids is 1. The van der Waals surface area contributed by atoms with Crippen LogP contribution in [0.5, 0.6) is 0 Å². The minimum atomic E-state index is -1.06. The molecule has 0 unspecified atom stereocenters. The zero-order chi connectivity index (χ0) is 13.3. The summed E-state index contributed by atoms with van der Waals surface area (Å²) < 4.78 is 5.50. The molecule has 1 heterocycles. The van der Waals surface area contributed by atoms with Crippen LogP contribution in [0.3, 0.4) is 0 Å². The van der Waals surface area contributed by atoms with E-state index in [4.69, 9.17) is 0 Å². The minimum Gasteiger partial charge on any atom is -0.479 e. The van der Waals surface area contributed by atoms with E-state index in [0.29, 0.717) is 18.5 Å². The van der Waals surface area contributed by atoms with Crippen molar-refractivity contribution in [2.24, 2.45) is 0 Å². The molecule has 0 saturated carbocycles. The Balaban J connectivity index is 2.49. The third kappa shape index (κ3) is 2.08. The molecule has 0 aliphatic carbocycles. The zero-order valence-corrected chi connectivity index (χ0v) is 11.3. The van der Waals surface area contributed by atoms with Crippen LogP contribution in [0.25, 0.3) is 0 Å². The summed E-state index contributed by atoms with van der Waals surface area (Å²) in [4.78, 5) is 24.2. The maximum atomic E-state index is 11.6. The SMILES string of the molecule is COC(=O)N1CCc2c(Br)cccc2[C@H]1C(=O)O. The van der Waals surface area contributed by atoms with Crippen LogP contribution in [0, 0.1) is 0 Å². The van der Waals surface area contributed by atoms with Gasteiger partial charge < -0.3 is 9.84 Å². The largest absolute Gasteiger partial charge is 0.479 e. The van der Waals surface area contributed by atoms with E-state index in [1.165, 1.54) is 12.0 Å². The van der Waals surface area contributed by atoms with Crippen LogP contribution >= 0.6 is 15.9 Å². The first-order valence-electron chi connectivity index (χ1n) is 5.41. The maximum absolute atomic E-state index is 11.6. The standard InChI is InChI=1S/C12H12BrNO4/c1-18-12(17)14-6-5-7-8(10(14)11(15)16)3-2-4-9(7)13/h2-4,10H,5-6H2,1H3,(H,15,16)/t10-/m0/s1. The lowest BCUT2D eigenvalue weighted by Gasteiger charge is -2.33. The molecule has 96 valence electrons. The van der Waals surface area contributed by atoms with Gasteiger partial charge in [0.2, 0.25) is 0 Å². The van der Waals surface area contributed by atoms with Gasteiger partial charge in [-0.2, -0.15) is 0 Å². The van der Waals surface area contributed by atoms with Crippen LogP contribution in [0.15, 0.2) is 22.7 Å². The Morgan fingerprint density at radius 1 is 1.50 bits per heavy atom. The van der Waals surface area contributed by atoms with Gasteiger partial charge in [0.05, 0.1) is 7.11 Å². The maximum Gasteiger partial charge on any atom is 0.410 e. The summed E-state index contributed by atoms with van der Waals surface area (Å²) in [5.74, 6) is -1.06.